The van der Waals surface area contributed by atoms with Crippen LogP contribution in [0.3, 0.4) is 0 Å². The van der Waals surface area contributed by atoms with E-state index >= 15 is 0 Å². The molecule has 0 spiro atoms. The molecule has 0 saturated carbocycles. The van der Waals surface area contributed by atoms with Crippen LogP contribution in [0.1, 0.15) is 64.1 Å². The minimum atomic E-state index is -0.861. The van der Waals surface area contributed by atoms with Crippen molar-refractivity contribution in [2.75, 3.05) is 0 Å². The van der Waals surface area contributed by atoms with Crippen LogP contribution in [0.2, 0.25) is 0 Å². The predicted molar refractivity (Wildman–Crippen MR) is 157 cm³/mol. The number of benzene rings is 3. The smallest absolute Gasteiger partial charge is 0.244 e. The second-order valence-corrected chi connectivity index (χ2v) is 11.5. The highest BCUT2D eigenvalue weighted by Gasteiger charge is 2.35. The Balaban J connectivity index is 1.67. The molecule has 7 nitrogen and oxygen atoms in total. The summed E-state index contributed by atoms with van der Waals surface area (Å²) in [4.78, 5) is 38.7. The lowest BCUT2D eigenvalue weighted by Crippen LogP contribution is -2.55. The summed E-state index contributed by atoms with van der Waals surface area (Å²) in [5.41, 5.74) is 3.99. The molecule has 0 bridgehead atoms. The van der Waals surface area contributed by atoms with Crippen LogP contribution in [-0.4, -0.2) is 29.0 Å². The third-order valence-electron chi connectivity index (χ3n) is 7.14. The zero-order chi connectivity index (χ0) is 30.0. The average Bonchev–Trinajstić information content (AvgIpc) is 2.95. The van der Waals surface area contributed by atoms with Crippen molar-refractivity contribution >= 4 is 17.7 Å². The summed E-state index contributed by atoms with van der Waals surface area (Å²) in [6, 6.07) is 22.8. The molecule has 0 fully saturated rings. The SMILES string of the molecule is CC(NC(=O)[C@@H](NC(=O)[C@H](CCCc1ccc(-c2ccccc2)c(F)c1)CC(=O)NO)C(C)(C)C)c1ccccc1. The van der Waals surface area contributed by atoms with Gasteiger partial charge in [-0.3, -0.25) is 19.6 Å². The predicted octanol–water partition coefficient (Wildman–Crippen LogP) is 5.74. The first-order valence-electron chi connectivity index (χ1n) is 13.9. The molecule has 3 aromatic rings. The lowest BCUT2D eigenvalue weighted by atomic mass is 9.85. The summed E-state index contributed by atoms with van der Waals surface area (Å²) in [6.45, 7) is 7.44. The van der Waals surface area contributed by atoms with Crippen LogP contribution in [0.4, 0.5) is 4.39 Å². The van der Waals surface area contributed by atoms with Crippen LogP contribution in [-0.2, 0) is 20.8 Å². The topological polar surface area (TPSA) is 108 Å². The fourth-order valence-corrected chi connectivity index (χ4v) is 4.77. The molecule has 0 aliphatic heterocycles. The van der Waals surface area contributed by atoms with E-state index in [0.717, 1.165) is 16.7 Å². The van der Waals surface area contributed by atoms with E-state index in [0.29, 0.717) is 24.8 Å². The van der Waals surface area contributed by atoms with E-state index in [2.05, 4.69) is 10.6 Å². The van der Waals surface area contributed by atoms with Gasteiger partial charge in [-0.05, 0) is 54.4 Å². The molecule has 0 aliphatic rings. The van der Waals surface area contributed by atoms with Crippen molar-refractivity contribution in [3.05, 3.63) is 95.8 Å². The van der Waals surface area contributed by atoms with E-state index in [4.69, 9.17) is 5.21 Å². The molecule has 218 valence electrons. The molecule has 0 heterocycles. The van der Waals surface area contributed by atoms with Crippen molar-refractivity contribution in [1.29, 1.82) is 0 Å². The number of hydroxylamine groups is 1. The van der Waals surface area contributed by atoms with Gasteiger partial charge < -0.3 is 10.6 Å². The number of rotatable bonds is 12. The molecule has 41 heavy (non-hydrogen) atoms. The van der Waals surface area contributed by atoms with E-state index in [1.807, 2.05) is 94.4 Å². The maximum absolute atomic E-state index is 14.8. The maximum Gasteiger partial charge on any atom is 0.244 e. The van der Waals surface area contributed by atoms with E-state index < -0.39 is 29.2 Å². The van der Waals surface area contributed by atoms with Crippen LogP contribution in [0.15, 0.2) is 78.9 Å². The number of halogens is 1. The molecule has 0 aromatic heterocycles. The summed E-state index contributed by atoms with van der Waals surface area (Å²) < 4.78 is 14.8. The summed E-state index contributed by atoms with van der Waals surface area (Å²) in [5, 5.41) is 14.9. The molecule has 3 amide bonds. The Morgan fingerprint density at radius 2 is 1.51 bits per heavy atom. The van der Waals surface area contributed by atoms with Gasteiger partial charge in [0.2, 0.25) is 17.7 Å². The molecule has 0 saturated heterocycles. The van der Waals surface area contributed by atoms with Crippen molar-refractivity contribution in [2.45, 2.75) is 65.5 Å². The zero-order valence-corrected chi connectivity index (χ0v) is 24.1. The highest BCUT2D eigenvalue weighted by molar-refractivity contribution is 5.91. The molecule has 3 aromatic carbocycles. The normalized spacial score (nSPS) is 13.5. The highest BCUT2D eigenvalue weighted by Crippen LogP contribution is 2.26. The minimum Gasteiger partial charge on any atom is -0.348 e. The number of hydrogen-bond donors (Lipinski definition) is 4. The van der Waals surface area contributed by atoms with Crippen molar-refractivity contribution in [2.24, 2.45) is 11.3 Å². The van der Waals surface area contributed by atoms with Crippen LogP contribution in [0, 0.1) is 17.2 Å². The largest absolute Gasteiger partial charge is 0.348 e. The fraction of sp³-hybridized carbons (Fsp3) is 0.364. The van der Waals surface area contributed by atoms with Gasteiger partial charge in [-0.25, -0.2) is 9.87 Å². The first-order valence-corrected chi connectivity index (χ1v) is 13.9. The van der Waals surface area contributed by atoms with Gasteiger partial charge in [0.15, 0.2) is 0 Å². The lowest BCUT2D eigenvalue weighted by Gasteiger charge is -2.32. The third-order valence-corrected chi connectivity index (χ3v) is 7.14. The molecule has 3 atom stereocenters. The van der Waals surface area contributed by atoms with E-state index in [1.165, 1.54) is 6.07 Å². The number of amides is 3. The summed E-state index contributed by atoms with van der Waals surface area (Å²) >= 11 is 0. The van der Waals surface area contributed by atoms with Gasteiger partial charge in [0.25, 0.3) is 0 Å². The molecule has 1 unspecified atom stereocenters. The van der Waals surface area contributed by atoms with E-state index in [-0.39, 0.29) is 24.2 Å². The Hall–Kier alpha value is -4.04. The van der Waals surface area contributed by atoms with Crippen molar-refractivity contribution in [3.63, 3.8) is 0 Å². The van der Waals surface area contributed by atoms with E-state index in [1.54, 1.807) is 11.5 Å². The molecule has 0 radical (unpaired) electrons. The standard InChI is InChI=1S/C33H40FN3O4/c1-22(24-13-7-5-8-14-24)35-32(40)30(33(2,3)4)36-31(39)26(21-29(38)37-41)17-11-12-23-18-19-27(28(34)20-23)25-15-9-6-10-16-25/h5-10,13-16,18-20,22,26,30,41H,11-12,17,21H2,1-4H3,(H,35,40)(H,36,39)(H,37,38)/t22?,26-,30-/m1/s1. The van der Waals surface area contributed by atoms with Gasteiger partial charge >= 0.3 is 0 Å². The van der Waals surface area contributed by atoms with Gasteiger partial charge in [-0.1, -0.05) is 93.6 Å². The second kappa shape index (κ2) is 14.6. The Bertz CT molecular complexity index is 1310. The van der Waals surface area contributed by atoms with E-state index in [9.17, 15) is 18.8 Å². The van der Waals surface area contributed by atoms with Gasteiger partial charge in [-0.15, -0.1) is 0 Å². The number of carbonyl (C=O) groups excluding carboxylic acids is 3. The van der Waals surface area contributed by atoms with Crippen LogP contribution < -0.4 is 16.1 Å². The molecule has 3 rings (SSSR count). The van der Waals surface area contributed by atoms with Crippen molar-refractivity contribution in [1.82, 2.24) is 16.1 Å². The van der Waals surface area contributed by atoms with Crippen LogP contribution in [0.5, 0.6) is 0 Å². The summed E-state index contributed by atoms with van der Waals surface area (Å²) in [5.74, 6) is -2.60. The number of hydrogen-bond acceptors (Lipinski definition) is 4. The zero-order valence-electron chi connectivity index (χ0n) is 24.1. The monoisotopic (exact) mass is 561 g/mol. The third kappa shape index (κ3) is 9.25. The van der Waals surface area contributed by atoms with Gasteiger partial charge in [0.05, 0.1) is 6.04 Å². The number of aryl methyl sites for hydroxylation is 1. The van der Waals surface area contributed by atoms with Gasteiger partial charge in [0.1, 0.15) is 11.9 Å². The number of carbonyl (C=O) groups is 3. The first-order chi connectivity index (χ1) is 19.5. The quantitative estimate of drug-likeness (QED) is 0.167. The van der Waals surface area contributed by atoms with Gasteiger partial charge in [0, 0.05) is 17.9 Å². The Labute approximate surface area is 241 Å². The van der Waals surface area contributed by atoms with Gasteiger partial charge in [-0.2, -0.15) is 0 Å². The molecule has 0 aliphatic carbocycles. The summed E-state index contributed by atoms with van der Waals surface area (Å²) in [7, 11) is 0. The fourth-order valence-electron chi connectivity index (χ4n) is 4.77. The Kier molecular flexibility index (Phi) is 11.2. The maximum atomic E-state index is 14.8. The Morgan fingerprint density at radius 3 is 2.10 bits per heavy atom. The van der Waals surface area contributed by atoms with Crippen molar-refractivity contribution in [3.8, 4) is 11.1 Å². The van der Waals surface area contributed by atoms with Crippen LogP contribution >= 0.6 is 0 Å². The van der Waals surface area contributed by atoms with Crippen LogP contribution in [0.25, 0.3) is 11.1 Å². The molecular weight excluding hydrogens is 521 g/mol. The Morgan fingerprint density at radius 1 is 0.878 bits per heavy atom. The molecular formula is C33H40FN3O4. The average molecular weight is 562 g/mol. The minimum absolute atomic E-state index is 0.247. The summed E-state index contributed by atoms with van der Waals surface area (Å²) in [6.07, 6.45) is 1.05. The van der Waals surface area contributed by atoms with Crippen molar-refractivity contribution < 1.29 is 24.0 Å². The molecule has 4 N–H and O–H groups in total. The number of nitrogens with one attached hydrogen (secondary N) is 3. The second-order valence-electron chi connectivity index (χ2n) is 11.5. The highest BCUT2D eigenvalue weighted by atomic mass is 19.1. The first kappa shape index (κ1) is 31.5. The molecule has 8 heteroatoms. The lowest BCUT2D eigenvalue weighted by molar-refractivity contribution is -0.137.